The second kappa shape index (κ2) is 5.87. The van der Waals surface area contributed by atoms with E-state index in [0.717, 1.165) is 16.8 Å². The molecule has 1 aliphatic heterocycles. The zero-order valence-electron chi connectivity index (χ0n) is 13.2. The van der Waals surface area contributed by atoms with Gasteiger partial charge in [-0.1, -0.05) is 23.8 Å². The summed E-state index contributed by atoms with van der Waals surface area (Å²) in [4.78, 5) is 25.0. The van der Waals surface area contributed by atoms with Crippen LogP contribution in [0.4, 0.5) is 0 Å². The molecule has 1 amide bonds. The Hall–Kier alpha value is -2.63. The molecule has 0 aliphatic carbocycles. The van der Waals surface area contributed by atoms with Gasteiger partial charge in [0, 0.05) is 18.7 Å². The van der Waals surface area contributed by atoms with E-state index in [1.807, 2.05) is 26.0 Å². The Morgan fingerprint density at radius 2 is 2.09 bits per heavy atom. The topological polar surface area (TPSA) is 86.3 Å². The zero-order valence-corrected chi connectivity index (χ0v) is 13.2. The minimum Gasteiger partial charge on any atom is -0.481 e. The summed E-state index contributed by atoms with van der Waals surface area (Å²) in [7, 11) is 0. The van der Waals surface area contributed by atoms with Crippen molar-refractivity contribution in [3.63, 3.8) is 0 Å². The fraction of sp³-hybridized carbons (Fsp3) is 0.353. The monoisotopic (exact) mass is 313 g/mol. The molecule has 1 atom stereocenters. The van der Waals surface area contributed by atoms with Gasteiger partial charge in [-0.2, -0.15) is 5.10 Å². The number of benzene rings is 1. The summed E-state index contributed by atoms with van der Waals surface area (Å²) in [6.07, 6.45) is 0.499. The molecule has 0 radical (unpaired) electrons. The Balaban J connectivity index is 1.79. The quantitative estimate of drug-likeness (QED) is 0.910. The minimum atomic E-state index is -0.846. The third-order valence-corrected chi connectivity index (χ3v) is 4.29. The molecule has 1 saturated heterocycles. The number of aliphatic carboxylic acids is 1. The molecular weight excluding hydrogens is 294 g/mol. The van der Waals surface area contributed by atoms with Gasteiger partial charge in [0.15, 0.2) is 0 Å². The number of nitrogens with zero attached hydrogens (tertiary/aromatic N) is 2. The van der Waals surface area contributed by atoms with E-state index in [1.54, 1.807) is 11.0 Å². The van der Waals surface area contributed by atoms with E-state index in [-0.39, 0.29) is 12.5 Å². The van der Waals surface area contributed by atoms with Gasteiger partial charge < -0.3 is 10.0 Å². The number of carbonyl (C=O) groups excluding carboxylic acids is 1. The molecule has 1 aromatic carbocycles. The molecule has 2 N–H and O–H groups in total. The molecule has 0 saturated carbocycles. The number of likely N-dealkylation sites (tertiary alicyclic amines) is 1. The van der Waals surface area contributed by atoms with Crippen LogP contribution in [0.25, 0.3) is 11.3 Å². The van der Waals surface area contributed by atoms with E-state index >= 15 is 0 Å². The molecule has 6 nitrogen and oxygen atoms in total. The van der Waals surface area contributed by atoms with Gasteiger partial charge >= 0.3 is 5.97 Å². The smallest absolute Gasteiger partial charge is 0.308 e. The van der Waals surface area contributed by atoms with Crippen LogP contribution < -0.4 is 0 Å². The molecule has 3 rings (SSSR count). The molecule has 23 heavy (non-hydrogen) atoms. The number of aromatic amines is 1. The first kappa shape index (κ1) is 15.3. The van der Waals surface area contributed by atoms with E-state index in [4.69, 9.17) is 5.11 Å². The summed E-state index contributed by atoms with van der Waals surface area (Å²) in [5.74, 6) is -1.51. The number of amides is 1. The number of rotatable bonds is 3. The van der Waals surface area contributed by atoms with Crippen LogP contribution >= 0.6 is 0 Å². The van der Waals surface area contributed by atoms with Crippen molar-refractivity contribution in [3.05, 3.63) is 41.1 Å². The maximum atomic E-state index is 12.5. The predicted octanol–water partition coefficient (Wildman–Crippen LogP) is 2.24. The third kappa shape index (κ3) is 2.97. The molecule has 6 heteroatoms. The van der Waals surface area contributed by atoms with Gasteiger partial charge in [0.2, 0.25) is 0 Å². The maximum Gasteiger partial charge on any atom is 0.308 e. The lowest BCUT2D eigenvalue weighted by Gasteiger charge is -2.14. The van der Waals surface area contributed by atoms with Crippen molar-refractivity contribution in [2.45, 2.75) is 20.3 Å². The number of hydrogen-bond acceptors (Lipinski definition) is 3. The lowest BCUT2D eigenvalue weighted by Crippen LogP contribution is -2.30. The number of carbonyl (C=O) groups is 2. The summed E-state index contributed by atoms with van der Waals surface area (Å²) in [6.45, 7) is 4.76. The standard InChI is InChI=1S/C17H19N3O3/c1-10-3-4-13(11(2)7-10)14-8-15(19-18-14)16(21)20-6-5-12(9-20)17(22)23/h3-4,7-8,12H,5-6,9H2,1-2H3,(H,18,19)(H,22,23). The van der Waals surface area contributed by atoms with Crippen molar-refractivity contribution in [2.24, 2.45) is 5.92 Å². The summed E-state index contributed by atoms with van der Waals surface area (Å²) < 4.78 is 0. The Labute approximate surface area is 134 Å². The van der Waals surface area contributed by atoms with Crippen LogP contribution in [0.1, 0.15) is 28.0 Å². The largest absolute Gasteiger partial charge is 0.481 e. The predicted molar refractivity (Wildman–Crippen MR) is 85.1 cm³/mol. The minimum absolute atomic E-state index is 0.197. The molecule has 1 aliphatic rings. The van der Waals surface area contributed by atoms with E-state index in [0.29, 0.717) is 18.7 Å². The lowest BCUT2D eigenvalue weighted by atomic mass is 10.0. The third-order valence-electron chi connectivity index (χ3n) is 4.29. The first-order valence-electron chi connectivity index (χ1n) is 7.61. The number of nitrogens with one attached hydrogen (secondary N) is 1. The molecule has 1 unspecified atom stereocenters. The second-order valence-electron chi connectivity index (χ2n) is 6.06. The number of aromatic nitrogens is 2. The van der Waals surface area contributed by atoms with Gasteiger partial charge in [-0.3, -0.25) is 14.7 Å². The molecule has 120 valence electrons. The van der Waals surface area contributed by atoms with Crippen molar-refractivity contribution in [2.75, 3.05) is 13.1 Å². The maximum absolute atomic E-state index is 12.5. The van der Waals surface area contributed by atoms with Crippen molar-refractivity contribution in [3.8, 4) is 11.3 Å². The SMILES string of the molecule is Cc1ccc(-c2cc(C(=O)N3CCC(C(=O)O)C3)[nH]n2)c(C)c1. The number of hydrogen-bond donors (Lipinski definition) is 2. The Morgan fingerprint density at radius 3 is 2.74 bits per heavy atom. The van der Waals surface area contributed by atoms with Crippen LogP contribution in [0.3, 0.4) is 0 Å². The highest BCUT2D eigenvalue weighted by Gasteiger charge is 2.32. The van der Waals surface area contributed by atoms with Crippen molar-refractivity contribution in [1.29, 1.82) is 0 Å². The van der Waals surface area contributed by atoms with E-state index in [9.17, 15) is 9.59 Å². The second-order valence-corrected chi connectivity index (χ2v) is 6.06. The molecule has 0 bridgehead atoms. The highest BCUT2D eigenvalue weighted by Crippen LogP contribution is 2.24. The lowest BCUT2D eigenvalue weighted by molar-refractivity contribution is -0.141. The summed E-state index contributed by atoms with van der Waals surface area (Å²) in [5.41, 5.74) is 4.37. The summed E-state index contributed by atoms with van der Waals surface area (Å²) >= 11 is 0. The van der Waals surface area contributed by atoms with Crippen LogP contribution in [-0.4, -0.2) is 45.2 Å². The van der Waals surface area contributed by atoms with Crippen LogP contribution in [0.15, 0.2) is 24.3 Å². The number of carboxylic acids is 1. The molecule has 2 heterocycles. The Kier molecular flexibility index (Phi) is 3.90. The normalized spacial score (nSPS) is 17.5. The molecule has 1 fully saturated rings. The first-order valence-corrected chi connectivity index (χ1v) is 7.61. The van der Waals surface area contributed by atoms with Crippen LogP contribution in [0.2, 0.25) is 0 Å². The van der Waals surface area contributed by atoms with Crippen LogP contribution in [0.5, 0.6) is 0 Å². The van der Waals surface area contributed by atoms with Crippen LogP contribution in [-0.2, 0) is 4.79 Å². The summed E-state index contributed by atoms with van der Waals surface area (Å²) in [6, 6.07) is 7.80. The molecule has 2 aromatic rings. The van der Waals surface area contributed by atoms with Crippen LogP contribution in [0, 0.1) is 19.8 Å². The number of aryl methyl sites for hydroxylation is 2. The van der Waals surface area contributed by atoms with Gasteiger partial charge in [0.25, 0.3) is 5.91 Å². The summed E-state index contributed by atoms with van der Waals surface area (Å²) in [5, 5.41) is 16.0. The van der Waals surface area contributed by atoms with E-state index < -0.39 is 11.9 Å². The van der Waals surface area contributed by atoms with E-state index in [1.165, 1.54) is 5.56 Å². The van der Waals surface area contributed by atoms with Gasteiger partial charge in [-0.25, -0.2) is 0 Å². The zero-order chi connectivity index (χ0) is 16.6. The Morgan fingerprint density at radius 1 is 1.30 bits per heavy atom. The molecule has 0 spiro atoms. The van der Waals surface area contributed by atoms with Crippen molar-refractivity contribution < 1.29 is 14.7 Å². The fourth-order valence-corrected chi connectivity index (χ4v) is 2.99. The van der Waals surface area contributed by atoms with Crippen molar-refractivity contribution in [1.82, 2.24) is 15.1 Å². The number of H-pyrrole nitrogens is 1. The van der Waals surface area contributed by atoms with Gasteiger partial charge in [0.05, 0.1) is 11.6 Å². The highest BCUT2D eigenvalue weighted by atomic mass is 16.4. The fourth-order valence-electron chi connectivity index (χ4n) is 2.99. The van der Waals surface area contributed by atoms with Crippen molar-refractivity contribution >= 4 is 11.9 Å². The molecular formula is C17H19N3O3. The number of carboxylic acid groups (broad SMARTS) is 1. The first-order chi connectivity index (χ1) is 11.0. The average Bonchev–Trinajstić information content (AvgIpc) is 3.16. The van der Waals surface area contributed by atoms with Gasteiger partial charge in [-0.05, 0) is 31.9 Å². The van der Waals surface area contributed by atoms with E-state index in [2.05, 4.69) is 16.3 Å². The average molecular weight is 313 g/mol. The van der Waals surface area contributed by atoms with Gasteiger partial charge in [0.1, 0.15) is 5.69 Å². The Bertz CT molecular complexity index is 766. The molecule has 1 aromatic heterocycles. The van der Waals surface area contributed by atoms with Gasteiger partial charge in [-0.15, -0.1) is 0 Å². The highest BCUT2D eigenvalue weighted by molar-refractivity contribution is 5.94.